The molecule has 2 aliphatic rings. The van der Waals surface area contributed by atoms with E-state index in [1.165, 1.54) is 42.4 Å². The fourth-order valence-electron chi connectivity index (χ4n) is 10.1. The molecule has 0 saturated heterocycles. The Morgan fingerprint density at radius 3 is 1.92 bits per heavy atom. The Morgan fingerprint density at radius 1 is 0.424 bits per heavy atom. The van der Waals surface area contributed by atoms with Crippen LogP contribution in [0.4, 0.5) is 17.1 Å². The monoisotopic (exact) mass is 771 g/mol. The summed E-state index contributed by atoms with van der Waals surface area (Å²) in [6.45, 7) is 0. The van der Waals surface area contributed by atoms with Crippen molar-refractivity contribution in [2.75, 3.05) is 4.90 Å². The van der Waals surface area contributed by atoms with Crippen LogP contribution in [0.5, 0.6) is 11.5 Å². The van der Waals surface area contributed by atoms with Gasteiger partial charge in [0.1, 0.15) is 16.9 Å². The van der Waals surface area contributed by atoms with Gasteiger partial charge in [0.05, 0.1) is 11.1 Å². The number of fused-ring (bicyclic) bond motifs is 15. The lowest BCUT2D eigenvalue weighted by Gasteiger charge is -2.41. The smallest absolute Gasteiger partial charge is 0.156 e. The van der Waals surface area contributed by atoms with Crippen molar-refractivity contribution < 1.29 is 9.15 Å². The first-order valence-corrected chi connectivity index (χ1v) is 20.9. The maximum Gasteiger partial charge on any atom is 0.156 e. The topological polar surface area (TPSA) is 25.6 Å². The van der Waals surface area contributed by atoms with Crippen LogP contribution in [0.1, 0.15) is 22.3 Å². The molecule has 276 valence electrons. The van der Waals surface area contributed by atoms with Crippen LogP contribution in [0.15, 0.2) is 205 Å². The third-order valence-electron chi connectivity index (χ3n) is 12.5. The van der Waals surface area contributed by atoms with Crippen LogP contribution in [-0.4, -0.2) is 0 Å². The number of hydrogen-bond donors (Lipinski definition) is 0. The highest BCUT2D eigenvalue weighted by Gasteiger charge is 2.51. The lowest BCUT2D eigenvalue weighted by Crippen LogP contribution is -2.32. The number of anilines is 3. The van der Waals surface area contributed by atoms with Gasteiger partial charge in [-0.1, -0.05) is 146 Å². The van der Waals surface area contributed by atoms with Crippen LogP contribution >= 0.6 is 11.3 Å². The maximum atomic E-state index is 7.25. The van der Waals surface area contributed by atoms with E-state index in [1.54, 1.807) is 0 Å². The molecule has 1 aliphatic carbocycles. The van der Waals surface area contributed by atoms with Gasteiger partial charge in [-0.2, -0.15) is 0 Å². The molecule has 0 fully saturated rings. The summed E-state index contributed by atoms with van der Waals surface area (Å²) in [6, 6.07) is 72.3. The summed E-state index contributed by atoms with van der Waals surface area (Å²) in [5.41, 5.74) is 13.8. The third kappa shape index (κ3) is 4.52. The molecule has 4 heteroatoms. The van der Waals surface area contributed by atoms with Gasteiger partial charge >= 0.3 is 0 Å². The Morgan fingerprint density at radius 2 is 1.07 bits per heavy atom. The molecule has 11 aromatic rings. The predicted octanol–water partition coefficient (Wildman–Crippen LogP) is 15.6. The number of thiophene rings is 1. The van der Waals surface area contributed by atoms with Gasteiger partial charge in [-0.25, -0.2) is 0 Å². The van der Waals surface area contributed by atoms with Crippen molar-refractivity contribution in [2.24, 2.45) is 0 Å². The summed E-state index contributed by atoms with van der Waals surface area (Å²) in [5, 5.41) is 4.71. The summed E-state index contributed by atoms with van der Waals surface area (Å²) in [5.74, 6) is 1.71. The number of furan rings is 1. The Bertz CT molecular complexity index is 3460. The van der Waals surface area contributed by atoms with Crippen molar-refractivity contribution in [3.05, 3.63) is 222 Å². The highest BCUT2D eigenvalue weighted by atomic mass is 32.1. The molecule has 0 unspecified atom stereocenters. The van der Waals surface area contributed by atoms with Crippen LogP contribution in [0.2, 0.25) is 0 Å². The molecule has 0 amide bonds. The normalized spacial score (nSPS) is 13.4. The molecule has 3 heterocycles. The van der Waals surface area contributed by atoms with Gasteiger partial charge in [0.2, 0.25) is 0 Å². The van der Waals surface area contributed by atoms with E-state index in [9.17, 15) is 0 Å². The second kappa shape index (κ2) is 12.3. The third-order valence-corrected chi connectivity index (χ3v) is 13.7. The zero-order valence-electron chi connectivity index (χ0n) is 31.7. The fraction of sp³-hybridized carbons (Fsp3) is 0.0182. The molecule has 1 spiro atoms. The first-order valence-electron chi connectivity index (χ1n) is 20.1. The standard InChI is InChI=1S/C55H33NO2S/c1-2-14-34(15-3-1)37-19-12-26-50-53(37)42-32-35(29-31-48(42)57-50)56(36-28-30-41-40-18-6-11-27-51(40)59-52(41)33-36)47-24-13-23-46-54(47)58-49-25-10-9-22-45(49)55(46)43-20-7-4-16-38(43)39-17-5-8-21-44(39)55/h1-33H. The van der Waals surface area contributed by atoms with Crippen LogP contribution in [0, 0.1) is 0 Å². The molecule has 0 N–H and O–H groups in total. The van der Waals surface area contributed by atoms with Gasteiger partial charge in [0, 0.05) is 53.4 Å². The van der Waals surface area contributed by atoms with E-state index < -0.39 is 5.41 Å². The van der Waals surface area contributed by atoms with E-state index in [-0.39, 0.29) is 0 Å². The van der Waals surface area contributed by atoms with Crippen molar-refractivity contribution in [3.8, 4) is 33.8 Å². The van der Waals surface area contributed by atoms with E-state index >= 15 is 0 Å². The van der Waals surface area contributed by atoms with Crippen molar-refractivity contribution in [3.63, 3.8) is 0 Å². The number of ether oxygens (including phenoxy) is 1. The average molecular weight is 772 g/mol. The minimum atomic E-state index is -0.580. The Balaban J connectivity index is 1.11. The lowest BCUT2D eigenvalue weighted by molar-refractivity contribution is 0.437. The van der Waals surface area contributed by atoms with E-state index in [2.05, 4.69) is 205 Å². The molecular weight excluding hydrogens is 739 g/mol. The van der Waals surface area contributed by atoms with Gasteiger partial charge in [-0.3, -0.25) is 0 Å². The number of rotatable bonds is 4. The van der Waals surface area contributed by atoms with Crippen LogP contribution in [0.25, 0.3) is 64.4 Å². The highest BCUT2D eigenvalue weighted by molar-refractivity contribution is 7.25. The van der Waals surface area contributed by atoms with Crippen molar-refractivity contribution >= 4 is 70.5 Å². The molecule has 0 bridgehead atoms. The summed E-state index contributed by atoms with van der Waals surface area (Å²) in [6.07, 6.45) is 0. The number of benzene rings is 9. The van der Waals surface area contributed by atoms with E-state index in [4.69, 9.17) is 9.15 Å². The zero-order valence-corrected chi connectivity index (χ0v) is 32.5. The lowest BCUT2D eigenvalue weighted by atomic mass is 9.66. The van der Waals surface area contributed by atoms with Crippen molar-refractivity contribution in [1.29, 1.82) is 0 Å². The highest BCUT2D eigenvalue weighted by Crippen LogP contribution is 2.64. The SMILES string of the molecule is c1ccc(-c2cccc3oc4ccc(N(c5ccc6c(c5)sc5ccccc56)c5cccc6c5Oc5ccccc5C65c6ccccc6-c6ccccc65)cc4c23)cc1. The number of nitrogens with zero attached hydrogens (tertiary/aromatic N) is 1. The summed E-state index contributed by atoms with van der Waals surface area (Å²) >= 11 is 1.84. The maximum absolute atomic E-state index is 7.25. The minimum Gasteiger partial charge on any atom is -0.456 e. The van der Waals surface area contributed by atoms with Gasteiger partial charge in [-0.05, 0) is 88.0 Å². The molecule has 59 heavy (non-hydrogen) atoms. The summed E-state index contributed by atoms with van der Waals surface area (Å²) < 4.78 is 16.3. The molecule has 0 radical (unpaired) electrons. The Kier molecular flexibility index (Phi) is 6.81. The summed E-state index contributed by atoms with van der Waals surface area (Å²) in [7, 11) is 0. The molecule has 9 aromatic carbocycles. The molecule has 2 aromatic heterocycles. The van der Waals surface area contributed by atoms with Crippen LogP contribution in [-0.2, 0) is 5.41 Å². The van der Waals surface area contributed by atoms with Gasteiger partial charge in [0.25, 0.3) is 0 Å². The minimum absolute atomic E-state index is 0.580. The first kappa shape index (κ1) is 32.7. The van der Waals surface area contributed by atoms with E-state index in [0.717, 1.165) is 72.8 Å². The zero-order chi connectivity index (χ0) is 38.7. The van der Waals surface area contributed by atoms with Crippen molar-refractivity contribution in [1.82, 2.24) is 0 Å². The molecule has 13 rings (SSSR count). The second-order valence-electron chi connectivity index (χ2n) is 15.5. The second-order valence-corrected chi connectivity index (χ2v) is 16.6. The largest absolute Gasteiger partial charge is 0.456 e. The number of para-hydroxylation sites is 2. The Labute approximate surface area is 344 Å². The molecule has 0 atom stereocenters. The molecular formula is C55H33NO2S. The van der Waals surface area contributed by atoms with Gasteiger partial charge in [-0.15, -0.1) is 11.3 Å². The van der Waals surface area contributed by atoms with E-state index in [1.807, 2.05) is 11.3 Å². The van der Waals surface area contributed by atoms with Gasteiger partial charge < -0.3 is 14.1 Å². The van der Waals surface area contributed by atoms with Crippen LogP contribution < -0.4 is 9.64 Å². The first-order chi connectivity index (χ1) is 29.3. The molecule has 1 aliphatic heterocycles. The fourth-order valence-corrected chi connectivity index (χ4v) is 11.3. The average Bonchev–Trinajstić information content (AvgIpc) is 3.95. The van der Waals surface area contributed by atoms with E-state index in [0.29, 0.717) is 0 Å². The van der Waals surface area contributed by atoms with Crippen molar-refractivity contribution in [2.45, 2.75) is 5.41 Å². The summed E-state index contributed by atoms with van der Waals surface area (Å²) in [4.78, 5) is 2.39. The quantitative estimate of drug-likeness (QED) is 0.178. The molecule has 3 nitrogen and oxygen atoms in total. The number of hydrogen-bond acceptors (Lipinski definition) is 4. The molecule has 0 saturated carbocycles. The van der Waals surface area contributed by atoms with Gasteiger partial charge in [0.15, 0.2) is 5.75 Å². The predicted molar refractivity (Wildman–Crippen MR) is 244 cm³/mol. The van der Waals surface area contributed by atoms with Crippen LogP contribution in [0.3, 0.4) is 0 Å². The Hall–Kier alpha value is -7.40.